The van der Waals surface area contributed by atoms with E-state index in [-0.39, 0.29) is 25.1 Å². The zero-order chi connectivity index (χ0) is 23.5. The first-order chi connectivity index (χ1) is 15.0. The Morgan fingerprint density at radius 2 is 1.81 bits per heavy atom. The Kier molecular flexibility index (Phi) is 6.88. The number of nitrogens with one attached hydrogen (secondary N) is 1. The van der Waals surface area contributed by atoms with Gasteiger partial charge in [-0.3, -0.25) is 9.10 Å². The van der Waals surface area contributed by atoms with Crippen molar-refractivity contribution in [1.29, 1.82) is 0 Å². The maximum Gasteiger partial charge on any atom is 0.263 e. The van der Waals surface area contributed by atoms with E-state index in [1.165, 1.54) is 4.31 Å². The Morgan fingerprint density at radius 3 is 2.41 bits per heavy atom. The van der Waals surface area contributed by atoms with Gasteiger partial charge in [0.2, 0.25) is 10.0 Å². The molecule has 0 radical (unpaired) electrons. The fourth-order valence-electron chi connectivity index (χ4n) is 3.30. The van der Waals surface area contributed by atoms with Crippen LogP contribution in [-0.2, 0) is 20.2 Å². The second-order valence-corrected chi connectivity index (χ2v) is 10.6. The summed E-state index contributed by atoms with van der Waals surface area (Å²) in [6.07, 6.45) is 0.169. The molecule has 0 saturated heterocycles. The topological polar surface area (TPSA) is 94.2 Å². The third-order valence-electron chi connectivity index (χ3n) is 5.12. The van der Waals surface area contributed by atoms with Crippen LogP contribution >= 0.6 is 0 Å². The summed E-state index contributed by atoms with van der Waals surface area (Å²) in [7, 11) is -2.01. The summed E-state index contributed by atoms with van der Waals surface area (Å²) < 4.78 is 42.7. The second-order valence-electron chi connectivity index (χ2n) is 8.65. The fraction of sp³-hybridized carbons (Fsp3) is 0.435. The van der Waals surface area contributed by atoms with E-state index in [1.807, 2.05) is 32.9 Å². The molecule has 0 aliphatic carbocycles. The van der Waals surface area contributed by atoms with Crippen molar-refractivity contribution in [2.24, 2.45) is 0 Å². The Labute approximate surface area is 189 Å². The Morgan fingerprint density at radius 1 is 1.16 bits per heavy atom. The van der Waals surface area contributed by atoms with Crippen molar-refractivity contribution < 1.29 is 27.4 Å². The zero-order valence-electron chi connectivity index (χ0n) is 19.0. The smallest absolute Gasteiger partial charge is 0.263 e. The number of carbonyl (C=O) groups excluding carboxylic acids is 1. The minimum absolute atomic E-state index is 0.0927. The highest BCUT2D eigenvalue weighted by molar-refractivity contribution is 7.92. The number of methoxy groups -OCH3 is 1. The molecule has 174 valence electrons. The van der Waals surface area contributed by atoms with Crippen molar-refractivity contribution in [1.82, 2.24) is 5.32 Å². The number of benzene rings is 2. The molecular weight excluding hydrogens is 432 g/mol. The maximum atomic E-state index is 12.7. The van der Waals surface area contributed by atoms with Gasteiger partial charge in [-0.05, 0) is 47.4 Å². The highest BCUT2D eigenvalue weighted by Crippen LogP contribution is 2.38. The van der Waals surface area contributed by atoms with Gasteiger partial charge in [0.05, 0.1) is 32.1 Å². The number of hydrogen-bond acceptors (Lipinski definition) is 6. The molecule has 1 amide bonds. The highest BCUT2D eigenvalue weighted by atomic mass is 32.2. The van der Waals surface area contributed by atoms with Crippen LogP contribution in [0.2, 0.25) is 0 Å². The van der Waals surface area contributed by atoms with Crippen molar-refractivity contribution in [2.75, 3.05) is 37.4 Å². The quantitative estimate of drug-likeness (QED) is 0.636. The number of hydrogen-bond donors (Lipinski definition) is 1. The molecule has 0 spiro atoms. The van der Waals surface area contributed by atoms with E-state index < -0.39 is 22.0 Å². The van der Waals surface area contributed by atoms with E-state index in [0.29, 0.717) is 17.2 Å². The molecule has 32 heavy (non-hydrogen) atoms. The van der Waals surface area contributed by atoms with Crippen molar-refractivity contribution >= 4 is 21.6 Å². The molecule has 8 nitrogen and oxygen atoms in total. The molecule has 1 atom stereocenters. The van der Waals surface area contributed by atoms with Gasteiger partial charge in [0, 0.05) is 0 Å². The molecule has 3 rings (SSSR count). The molecule has 9 heteroatoms. The number of anilines is 1. The molecule has 2 aromatic carbocycles. The Bertz CT molecular complexity index is 1060. The largest absolute Gasteiger partial charge is 0.497 e. The summed E-state index contributed by atoms with van der Waals surface area (Å²) in [4.78, 5) is 12.7. The van der Waals surface area contributed by atoms with Gasteiger partial charge in [-0.15, -0.1) is 0 Å². The molecule has 0 aromatic heterocycles. The summed E-state index contributed by atoms with van der Waals surface area (Å²) in [5, 5.41) is 2.75. The van der Waals surface area contributed by atoms with Crippen LogP contribution in [0, 0.1) is 0 Å². The first-order valence-electron chi connectivity index (χ1n) is 10.3. The first kappa shape index (κ1) is 23.7. The average molecular weight is 463 g/mol. The van der Waals surface area contributed by atoms with Gasteiger partial charge >= 0.3 is 0 Å². The fourth-order valence-corrected chi connectivity index (χ4v) is 4.20. The molecule has 1 heterocycles. The molecule has 0 saturated carbocycles. The van der Waals surface area contributed by atoms with Crippen molar-refractivity contribution in [3.63, 3.8) is 0 Å². The average Bonchev–Trinajstić information content (AvgIpc) is 2.74. The third kappa shape index (κ3) is 5.64. The van der Waals surface area contributed by atoms with Crippen LogP contribution in [0.15, 0.2) is 42.5 Å². The molecule has 0 fully saturated rings. The van der Waals surface area contributed by atoms with E-state index in [1.54, 1.807) is 37.4 Å². The predicted octanol–water partition coefficient (Wildman–Crippen LogP) is 2.71. The lowest BCUT2D eigenvalue weighted by molar-refractivity contribution is -0.127. The molecular formula is C23H30N2O6S. The van der Waals surface area contributed by atoms with Crippen LogP contribution in [0.5, 0.6) is 17.2 Å². The monoisotopic (exact) mass is 462 g/mol. The molecule has 0 bridgehead atoms. The summed E-state index contributed by atoms with van der Waals surface area (Å²) in [5.74, 6) is 1.35. The Hall–Kier alpha value is -2.94. The maximum absolute atomic E-state index is 12.7. The minimum atomic E-state index is -3.60. The normalized spacial score (nSPS) is 16.0. The zero-order valence-corrected chi connectivity index (χ0v) is 19.9. The van der Waals surface area contributed by atoms with Crippen molar-refractivity contribution in [3.05, 3.63) is 48.0 Å². The van der Waals surface area contributed by atoms with Crippen LogP contribution in [-0.4, -0.2) is 53.5 Å². The van der Waals surface area contributed by atoms with E-state index in [4.69, 9.17) is 14.2 Å². The minimum Gasteiger partial charge on any atom is -0.497 e. The number of ether oxygens (including phenoxy) is 3. The Balaban J connectivity index is 1.65. The van der Waals surface area contributed by atoms with Gasteiger partial charge in [0.15, 0.2) is 6.10 Å². The van der Waals surface area contributed by atoms with Crippen LogP contribution < -0.4 is 23.8 Å². The van der Waals surface area contributed by atoms with Crippen LogP contribution in [0.4, 0.5) is 5.69 Å². The van der Waals surface area contributed by atoms with Gasteiger partial charge < -0.3 is 19.5 Å². The van der Waals surface area contributed by atoms with Gasteiger partial charge in [0.1, 0.15) is 23.9 Å². The summed E-state index contributed by atoms with van der Waals surface area (Å²) >= 11 is 0. The van der Waals surface area contributed by atoms with Crippen molar-refractivity contribution in [3.8, 4) is 17.2 Å². The predicted molar refractivity (Wildman–Crippen MR) is 123 cm³/mol. The molecule has 0 unspecified atom stereocenters. The highest BCUT2D eigenvalue weighted by Gasteiger charge is 2.35. The van der Waals surface area contributed by atoms with Gasteiger partial charge in [-0.1, -0.05) is 26.8 Å². The molecule has 1 aliphatic rings. The number of carbonyl (C=O) groups is 1. The standard InChI is InChI=1S/C23H30N2O6S/c1-23(2,3)16-6-11-20-19(14-16)25(32(5,27)28)15-21(31-20)22(26)24-12-13-30-18-9-7-17(29-4)8-10-18/h6-11,14,21H,12-13,15H2,1-5H3,(H,24,26)/t21-/m1/s1. The lowest BCUT2D eigenvalue weighted by Crippen LogP contribution is -2.51. The SMILES string of the molecule is COc1ccc(OCCNC(=O)[C@H]2CN(S(C)(=O)=O)c3cc(C(C)(C)C)ccc3O2)cc1. The van der Waals surface area contributed by atoms with E-state index in [0.717, 1.165) is 17.6 Å². The number of nitrogens with zero attached hydrogens (tertiary/aromatic N) is 1. The molecule has 2 aromatic rings. The van der Waals surface area contributed by atoms with E-state index >= 15 is 0 Å². The number of sulfonamides is 1. The lowest BCUT2D eigenvalue weighted by atomic mass is 9.86. The van der Waals surface area contributed by atoms with E-state index in [2.05, 4.69) is 5.32 Å². The molecule has 1 N–H and O–H groups in total. The molecule has 1 aliphatic heterocycles. The lowest BCUT2D eigenvalue weighted by Gasteiger charge is -2.35. The van der Waals surface area contributed by atoms with Gasteiger partial charge in [-0.2, -0.15) is 0 Å². The van der Waals surface area contributed by atoms with Gasteiger partial charge in [-0.25, -0.2) is 8.42 Å². The first-order valence-corrected chi connectivity index (χ1v) is 12.2. The summed E-state index contributed by atoms with van der Waals surface area (Å²) in [5.41, 5.74) is 1.27. The number of rotatable bonds is 7. The second kappa shape index (κ2) is 9.28. The van der Waals surface area contributed by atoms with Gasteiger partial charge in [0.25, 0.3) is 5.91 Å². The van der Waals surface area contributed by atoms with Crippen LogP contribution in [0.1, 0.15) is 26.3 Å². The third-order valence-corrected chi connectivity index (χ3v) is 6.26. The van der Waals surface area contributed by atoms with Crippen molar-refractivity contribution in [2.45, 2.75) is 32.3 Å². The summed E-state index contributed by atoms with van der Waals surface area (Å²) in [6.45, 7) is 6.56. The van der Waals surface area contributed by atoms with E-state index in [9.17, 15) is 13.2 Å². The summed E-state index contributed by atoms with van der Waals surface area (Å²) in [6, 6.07) is 12.5. The van der Waals surface area contributed by atoms with Crippen LogP contribution in [0.3, 0.4) is 0 Å². The number of amides is 1. The number of fused-ring (bicyclic) bond motifs is 1. The van der Waals surface area contributed by atoms with Crippen LogP contribution in [0.25, 0.3) is 0 Å².